The maximum atomic E-state index is 12.1. The number of aliphatic hydroxyl groups excluding tert-OH is 1. The van der Waals surface area contributed by atoms with Gasteiger partial charge in [0.2, 0.25) is 5.78 Å². The Labute approximate surface area is 148 Å². The lowest BCUT2D eigenvalue weighted by Gasteiger charge is -2.40. The number of hydrogen-bond donors (Lipinski definition) is 2. The highest BCUT2D eigenvalue weighted by atomic mass is 35.5. The Morgan fingerprint density at radius 3 is 2.88 bits per heavy atom. The molecule has 0 spiro atoms. The van der Waals surface area contributed by atoms with Crippen molar-refractivity contribution < 1.29 is 19.7 Å². The van der Waals surface area contributed by atoms with Crippen molar-refractivity contribution in [3.63, 3.8) is 0 Å². The van der Waals surface area contributed by atoms with Crippen LogP contribution in [0.5, 0.6) is 0 Å². The highest BCUT2D eigenvalue weighted by molar-refractivity contribution is 6.44. The summed E-state index contributed by atoms with van der Waals surface area (Å²) in [5.74, 6) is -0.0834. The predicted octanol–water partition coefficient (Wildman–Crippen LogP) is 3.25. The highest BCUT2D eigenvalue weighted by Gasteiger charge is 2.50. The third kappa shape index (κ3) is 3.66. The van der Waals surface area contributed by atoms with Crippen LogP contribution in [0.3, 0.4) is 0 Å². The first-order chi connectivity index (χ1) is 11.2. The molecule has 0 saturated heterocycles. The molecule has 132 valence electrons. The number of ketones is 1. The molecule has 1 aliphatic heterocycles. The number of allylic oxidation sites excluding steroid dienone is 5. The molecule has 0 radical (unpaired) electrons. The minimum absolute atomic E-state index is 0.0311. The molecule has 5 heteroatoms. The molecule has 2 aliphatic rings. The summed E-state index contributed by atoms with van der Waals surface area (Å²) in [7, 11) is 0. The SMILES string of the molecule is CC[C@@H](C)/C=C(C)/C=C/C1=CC2=C(Cl)C(=O)[C@](C)(O)[C@@H](O)[C@@H]2CO1. The first-order valence-corrected chi connectivity index (χ1v) is 8.62. The summed E-state index contributed by atoms with van der Waals surface area (Å²) in [4.78, 5) is 12.1. The van der Waals surface area contributed by atoms with Gasteiger partial charge in [-0.1, -0.05) is 49.6 Å². The second-order valence-electron chi connectivity index (χ2n) is 6.78. The number of halogens is 1. The third-order valence-corrected chi connectivity index (χ3v) is 5.09. The van der Waals surface area contributed by atoms with Crippen molar-refractivity contribution in [2.45, 2.75) is 45.8 Å². The number of ether oxygens (including phenoxy) is 1. The van der Waals surface area contributed by atoms with Gasteiger partial charge < -0.3 is 14.9 Å². The lowest BCUT2D eigenvalue weighted by Crippen LogP contribution is -2.55. The average Bonchev–Trinajstić information content (AvgIpc) is 2.56. The van der Waals surface area contributed by atoms with Gasteiger partial charge in [-0.25, -0.2) is 0 Å². The maximum Gasteiger partial charge on any atom is 0.208 e. The van der Waals surface area contributed by atoms with Crippen molar-refractivity contribution in [3.05, 3.63) is 46.2 Å². The fourth-order valence-corrected chi connectivity index (χ4v) is 3.26. The van der Waals surface area contributed by atoms with Crippen LogP contribution < -0.4 is 0 Å². The zero-order valence-electron chi connectivity index (χ0n) is 14.5. The summed E-state index contributed by atoms with van der Waals surface area (Å²) in [6.45, 7) is 7.76. The van der Waals surface area contributed by atoms with Gasteiger partial charge in [0, 0.05) is 5.92 Å². The normalized spacial score (nSPS) is 32.5. The van der Waals surface area contributed by atoms with E-state index in [9.17, 15) is 15.0 Å². The van der Waals surface area contributed by atoms with E-state index in [0.717, 1.165) is 12.0 Å². The average molecular weight is 353 g/mol. The van der Waals surface area contributed by atoms with Crippen LogP contribution in [0, 0.1) is 11.8 Å². The van der Waals surface area contributed by atoms with E-state index in [1.54, 1.807) is 6.08 Å². The van der Waals surface area contributed by atoms with Crippen molar-refractivity contribution in [1.82, 2.24) is 0 Å². The molecular weight excluding hydrogens is 328 g/mol. The Bertz CT molecular complexity index is 640. The molecule has 0 fully saturated rings. The van der Waals surface area contributed by atoms with Crippen LogP contribution in [0.1, 0.15) is 34.1 Å². The topological polar surface area (TPSA) is 66.8 Å². The lowest BCUT2D eigenvalue weighted by atomic mass is 9.75. The number of rotatable bonds is 4. The van der Waals surface area contributed by atoms with Crippen LogP contribution >= 0.6 is 11.6 Å². The first-order valence-electron chi connectivity index (χ1n) is 8.24. The molecule has 2 N–H and O–H groups in total. The quantitative estimate of drug-likeness (QED) is 0.762. The monoisotopic (exact) mass is 352 g/mol. The minimum atomic E-state index is -1.88. The Hall–Kier alpha value is -1.36. The molecule has 4 nitrogen and oxygen atoms in total. The third-order valence-electron chi connectivity index (χ3n) is 4.70. The Morgan fingerprint density at radius 1 is 1.58 bits per heavy atom. The molecule has 0 amide bonds. The van der Waals surface area contributed by atoms with Crippen LogP contribution in [0.2, 0.25) is 0 Å². The van der Waals surface area contributed by atoms with E-state index >= 15 is 0 Å². The second-order valence-corrected chi connectivity index (χ2v) is 7.16. The minimum Gasteiger partial charge on any atom is -0.493 e. The molecule has 0 aromatic rings. The molecule has 0 saturated carbocycles. The van der Waals surface area contributed by atoms with E-state index in [-0.39, 0.29) is 11.6 Å². The first kappa shape index (κ1) is 19.0. The predicted molar refractivity (Wildman–Crippen MR) is 94.4 cm³/mol. The van der Waals surface area contributed by atoms with Gasteiger partial charge >= 0.3 is 0 Å². The zero-order valence-corrected chi connectivity index (χ0v) is 15.3. The molecule has 0 aromatic heterocycles. The van der Waals surface area contributed by atoms with Gasteiger partial charge in [0.15, 0.2) is 5.60 Å². The lowest BCUT2D eigenvalue weighted by molar-refractivity contribution is -0.150. The van der Waals surface area contributed by atoms with E-state index in [1.807, 2.05) is 19.1 Å². The molecule has 4 atom stereocenters. The van der Waals surface area contributed by atoms with E-state index in [0.29, 0.717) is 17.3 Å². The fraction of sp³-hybridized carbons (Fsp3) is 0.526. The Kier molecular flexibility index (Phi) is 5.74. The molecule has 2 rings (SSSR count). The van der Waals surface area contributed by atoms with E-state index in [4.69, 9.17) is 16.3 Å². The number of fused-ring (bicyclic) bond motifs is 1. The molecule has 0 aromatic carbocycles. The van der Waals surface area contributed by atoms with Gasteiger partial charge in [-0.05, 0) is 37.5 Å². The van der Waals surface area contributed by atoms with Crippen LogP contribution in [0.4, 0.5) is 0 Å². The molecule has 1 aliphatic carbocycles. The number of Topliss-reactive ketones (excluding diaryl/α,β-unsaturated/α-hetero) is 1. The maximum absolute atomic E-state index is 12.1. The fourth-order valence-electron chi connectivity index (χ4n) is 2.88. The van der Waals surface area contributed by atoms with Crippen LogP contribution in [0.25, 0.3) is 0 Å². The van der Waals surface area contributed by atoms with Gasteiger partial charge in [-0.3, -0.25) is 4.79 Å². The van der Waals surface area contributed by atoms with Gasteiger partial charge in [-0.2, -0.15) is 0 Å². The summed E-state index contributed by atoms with van der Waals surface area (Å²) in [5.41, 5.74) is -0.236. The van der Waals surface area contributed by atoms with Gasteiger partial charge in [0.1, 0.15) is 11.9 Å². The van der Waals surface area contributed by atoms with Crippen molar-refractivity contribution >= 4 is 17.4 Å². The van der Waals surface area contributed by atoms with Crippen molar-refractivity contribution in [2.24, 2.45) is 11.8 Å². The van der Waals surface area contributed by atoms with Crippen molar-refractivity contribution in [2.75, 3.05) is 6.61 Å². The summed E-state index contributed by atoms with van der Waals surface area (Å²) in [5, 5.41) is 20.4. The Morgan fingerprint density at radius 2 is 2.25 bits per heavy atom. The van der Waals surface area contributed by atoms with E-state index in [2.05, 4.69) is 19.9 Å². The number of carbonyl (C=O) groups is 1. The molecular formula is C19H25ClO4. The number of hydrogen-bond acceptors (Lipinski definition) is 4. The number of carbonyl (C=O) groups excluding carboxylic acids is 1. The molecule has 0 bridgehead atoms. The number of aliphatic hydroxyl groups is 2. The standard InChI is InChI=1S/C19H25ClO4/c1-5-11(2)8-12(3)6-7-13-9-14-15(10-24-13)17(21)19(4,23)18(22)16(14)20/h6-9,11,15,17,21,23H,5,10H2,1-4H3/b7-6+,12-8+/t11-,15-,17+,19-/m1/s1. The van der Waals surface area contributed by atoms with Gasteiger partial charge in [0.05, 0.1) is 11.6 Å². The Balaban J connectivity index is 2.28. The van der Waals surface area contributed by atoms with Crippen LogP contribution in [-0.2, 0) is 9.53 Å². The van der Waals surface area contributed by atoms with Gasteiger partial charge in [0.25, 0.3) is 0 Å². The largest absolute Gasteiger partial charge is 0.493 e. The molecule has 24 heavy (non-hydrogen) atoms. The van der Waals surface area contributed by atoms with Crippen molar-refractivity contribution in [1.29, 1.82) is 0 Å². The smallest absolute Gasteiger partial charge is 0.208 e. The highest BCUT2D eigenvalue weighted by Crippen LogP contribution is 2.40. The molecule has 0 unspecified atom stereocenters. The summed E-state index contributed by atoms with van der Waals surface area (Å²) in [6.07, 6.45) is 7.46. The summed E-state index contributed by atoms with van der Waals surface area (Å²) in [6, 6.07) is 0. The van der Waals surface area contributed by atoms with E-state index < -0.39 is 23.4 Å². The summed E-state index contributed by atoms with van der Waals surface area (Å²) < 4.78 is 5.65. The summed E-state index contributed by atoms with van der Waals surface area (Å²) >= 11 is 6.13. The van der Waals surface area contributed by atoms with Crippen LogP contribution in [-0.4, -0.2) is 34.3 Å². The van der Waals surface area contributed by atoms with Gasteiger partial charge in [-0.15, -0.1) is 0 Å². The zero-order chi connectivity index (χ0) is 18.1. The molecule has 1 heterocycles. The van der Waals surface area contributed by atoms with Crippen LogP contribution in [0.15, 0.2) is 46.2 Å². The van der Waals surface area contributed by atoms with Crippen molar-refractivity contribution in [3.8, 4) is 0 Å². The van der Waals surface area contributed by atoms with E-state index in [1.165, 1.54) is 6.92 Å². The second kappa shape index (κ2) is 7.26.